The summed E-state index contributed by atoms with van der Waals surface area (Å²) >= 11 is 0. The summed E-state index contributed by atoms with van der Waals surface area (Å²) in [6.45, 7) is 3.48. The zero-order valence-corrected chi connectivity index (χ0v) is 14.2. The van der Waals surface area contributed by atoms with E-state index < -0.39 is 10.0 Å². The Bertz CT molecular complexity index is 607. The van der Waals surface area contributed by atoms with Crippen molar-refractivity contribution in [3.8, 4) is 0 Å². The maximum absolute atomic E-state index is 12.2. The highest BCUT2D eigenvalue weighted by atomic mass is 32.2. The van der Waals surface area contributed by atoms with Crippen LogP contribution in [0.3, 0.4) is 0 Å². The molecule has 23 heavy (non-hydrogen) atoms. The van der Waals surface area contributed by atoms with Crippen LogP contribution in [0.4, 0.5) is 5.69 Å². The van der Waals surface area contributed by atoms with Gasteiger partial charge in [-0.2, -0.15) is 0 Å². The standard InChI is InChI=1S/C16H24N2O4S/c1-13(19)18-15-4-6-16(7-5-15)23(20,21)17-10-2-3-14-8-11-22-12-9-14/h4-7,14,17H,2-3,8-12H2,1H3,(H,18,19). The minimum absolute atomic E-state index is 0.188. The number of ether oxygens (including phenoxy) is 1. The number of sulfonamides is 1. The topological polar surface area (TPSA) is 84.5 Å². The first-order valence-corrected chi connectivity index (χ1v) is 9.41. The average molecular weight is 340 g/mol. The predicted octanol–water partition coefficient (Wildman–Crippen LogP) is 2.13. The van der Waals surface area contributed by atoms with E-state index in [4.69, 9.17) is 4.74 Å². The molecule has 0 aromatic heterocycles. The minimum Gasteiger partial charge on any atom is -0.381 e. The van der Waals surface area contributed by atoms with Crippen LogP contribution in [0, 0.1) is 5.92 Å². The number of anilines is 1. The van der Waals surface area contributed by atoms with Gasteiger partial charge in [0.1, 0.15) is 0 Å². The Hall–Kier alpha value is -1.44. The van der Waals surface area contributed by atoms with Crippen molar-refractivity contribution in [3.63, 3.8) is 0 Å². The number of hydrogen-bond acceptors (Lipinski definition) is 4. The van der Waals surface area contributed by atoms with Crippen molar-refractivity contribution >= 4 is 21.6 Å². The summed E-state index contributed by atoms with van der Waals surface area (Å²) < 4.78 is 32.3. The second kappa shape index (κ2) is 8.42. The van der Waals surface area contributed by atoms with Gasteiger partial charge in [0, 0.05) is 32.4 Å². The first-order chi connectivity index (χ1) is 11.0. The Kier molecular flexibility index (Phi) is 6.56. The van der Waals surface area contributed by atoms with Crippen molar-refractivity contribution in [2.45, 2.75) is 37.5 Å². The quantitative estimate of drug-likeness (QED) is 0.745. The zero-order valence-electron chi connectivity index (χ0n) is 13.4. The number of carbonyl (C=O) groups is 1. The van der Waals surface area contributed by atoms with Gasteiger partial charge in [0.05, 0.1) is 4.90 Å². The zero-order chi connectivity index (χ0) is 16.7. The number of carbonyl (C=O) groups excluding carboxylic acids is 1. The fourth-order valence-electron chi connectivity index (χ4n) is 2.64. The number of rotatable bonds is 7. The van der Waals surface area contributed by atoms with E-state index in [1.807, 2.05) is 0 Å². The van der Waals surface area contributed by atoms with Gasteiger partial charge in [0.2, 0.25) is 15.9 Å². The molecule has 1 amide bonds. The lowest BCUT2D eigenvalue weighted by molar-refractivity contribution is -0.114. The summed E-state index contributed by atoms with van der Waals surface area (Å²) in [4.78, 5) is 11.2. The Labute approximate surface area is 137 Å². The molecule has 1 fully saturated rings. The number of amides is 1. The van der Waals surface area contributed by atoms with Crippen molar-refractivity contribution in [3.05, 3.63) is 24.3 Å². The molecule has 1 aromatic rings. The highest BCUT2D eigenvalue weighted by Gasteiger charge is 2.16. The van der Waals surface area contributed by atoms with E-state index in [1.165, 1.54) is 19.1 Å². The van der Waals surface area contributed by atoms with Crippen LogP contribution in [0.1, 0.15) is 32.6 Å². The van der Waals surface area contributed by atoms with Gasteiger partial charge in [-0.1, -0.05) is 0 Å². The lowest BCUT2D eigenvalue weighted by Crippen LogP contribution is -2.25. The Morgan fingerprint density at radius 2 is 1.87 bits per heavy atom. The van der Waals surface area contributed by atoms with Crippen molar-refractivity contribution in [2.24, 2.45) is 5.92 Å². The molecule has 0 aliphatic carbocycles. The SMILES string of the molecule is CC(=O)Nc1ccc(S(=O)(=O)NCCCC2CCOCC2)cc1. The lowest BCUT2D eigenvalue weighted by Gasteiger charge is -2.21. The summed E-state index contributed by atoms with van der Waals surface area (Å²) in [6, 6.07) is 6.15. The van der Waals surface area contributed by atoms with Crippen LogP contribution in [-0.2, 0) is 19.6 Å². The van der Waals surface area contributed by atoms with Gasteiger partial charge in [-0.3, -0.25) is 4.79 Å². The Balaban J connectivity index is 1.80. The fourth-order valence-corrected chi connectivity index (χ4v) is 3.71. The number of benzene rings is 1. The van der Waals surface area contributed by atoms with E-state index in [0.717, 1.165) is 38.9 Å². The van der Waals surface area contributed by atoms with E-state index in [0.29, 0.717) is 18.2 Å². The molecule has 1 aliphatic heterocycles. The lowest BCUT2D eigenvalue weighted by atomic mass is 9.95. The van der Waals surface area contributed by atoms with Gasteiger partial charge < -0.3 is 10.1 Å². The van der Waals surface area contributed by atoms with E-state index in [9.17, 15) is 13.2 Å². The third-order valence-electron chi connectivity index (χ3n) is 3.91. The molecule has 0 unspecified atom stereocenters. The molecule has 1 aliphatic rings. The molecule has 0 atom stereocenters. The molecule has 0 bridgehead atoms. The van der Waals surface area contributed by atoms with Crippen LogP contribution in [-0.4, -0.2) is 34.1 Å². The van der Waals surface area contributed by atoms with E-state index in [2.05, 4.69) is 10.0 Å². The Morgan fingerprint density at radius 1 is 1.22 bits per heavy atom. The Morgan fingerprint density at radius 3 is 2.48 bits per heavy atom. The minimum atomic E-state index is -3.50. The molecule has 2 rings (SSSR count). The summed E-state index contributed by atoms with van der Waals surface area (Å²) in [5, 5.41) is 2.61. The first kappa shape index (κ1) is 17.9. The van der Waals surface area contributed by atoms with Crippen molar-refractivity contribution < 1.29 is 17.9 Å². The summed E-state index contributed by atoms with van der Waals surface area (Å²) in [7, 11) is -3.50. The molecular formula is C16H24N2O4S. The van der Waals surface area contributed by atoms with Gasteiger partial charge in [0.15, 0.2) is 0 Å². The predicted molar refractivity (Wildman–Crippen MR) is 88.7 cm³/mol. The van der Waals surface area contributed by atoms with E-state index in [1.54, 1.807) is 12.1 Å². The van der Waals surface area contributed by atoms with E-state index >= 15 is 0 Å². The van der Waals surface area contributed by atoms with Crippen LogP contribution in [0.5, 0.6) is 0 Å². The molecule has 0 radical (unpaired) electrons. The van der Waals surface area contributed by atoms with E-state index in [-0.39, 0.29) is 10.8 Å². The normalized spacial score (nSPS) is 16.2. The first-order valence-electron chi connectivity index (χ1n) is 7.92. The van der Waals surface area contributed by atoms with Gasteiger partial charge in [-0.25, -0.2) is 13.1 Å². The van der Waals surface area contributed by atoms with Gasteiger partial charge >= 0.3 is 0 Å². The molecular weight excluding hydrogens is 316 g/mol. The third-order valence-corrected chi connectivity index (χ3v) is 5.38. The number of hydrogen-bond donors (Lipinski definition) is 2. The molecule has 1 saturated heterocycles. The van der Waals surface area contributed by atoms with Crippen LogP contribution in [0.2, 0.25) is 0 Å². The van der Waals surface area contributed by atoms with Gasteiger partial charge in [0.25, 0.3) is 0 Å². The van der Waals surface area contributed by atoms with Crippen molar-refractivity contribution in [1.82, 2.24) is 4.72 Å². The molecule has 6 nitrogen and oxygen atoms in total. The average Bonchev–Trinajstić information content (AvgIpc) is 2.53. The largest absolute Gasteiger partial charge is 0.381 e. The van der Waals surface area contributed by atoms with Crippen LogP contribution < -0.4 is 10.0 Å². The summed E-state index contributed by atoms with van der Waals surface area (Å²) in [5.74, 6) is 0.456. The van der Waals surface area contributed by atoms with Gasteiger partial charge in [-0.15, -0.1) is 0 Å². The summed E-state index contributed by atoms with van der Waals surface area (Å²) in [5.41, 5.74) is 0.580. The van der Waals surface area contributed by atoms with Crippen molar-refractivity contribution in [2.75, 3.05) is 25.1 Å². The monoisotopic (exact) mass is 340 g/mol. The third kappa shape index (κ3) is 5.93. The second-order valence-electron chi connectivity index (χ2n) is 5.80. The van der Waals surface area contributed by atoms with Gasteiger partial charge in [-0.05, 0) is 55.9 Å². The smallest absolute Gasteiger partial charge is 0.240 e. The van der Waals surface area contributed by atoms with Crippen LogP contribution in [0.25, 0.3) is 0 Å². The highest BCUT2D eigenvalue weighted by Crippen LogP contribution is 2.20. The molecule has 1 heterocycles. The second-order valence-corrected chi connectivity index (χ2v) is 7.57. The van der Waals surface area contributed by atoms with Crippen LogP contribution in [0.15, 0.2) is 29.2 Å². The summed E-state index contributed by atoms with van der Waals surface area (Å²) in [6.07, 6.45) is 3.98. The molecule has 128 valence electrons. The molecule has 1 aromatic carbocycles. The maximum Gasteiger partial charge on any atom is 0.240 e. The highest BCUT2D eigenvalue weighted by molar-refractivity contribution is 7.89. The molecule has 7 heteroatoms. The molecule has 0 spiro atoms. The molecule has 0 saturated carbocycles. The molecule has 2 N–H and O–H groups in total. The number of nitrogens with one attached hydrogen (secondary N) is 2. The fraction of sp³-hybridized carbons (Fsp3) is 0.562. The maximum atomic E-state index is 12.2. The van der Waals surface area contributed by atoms with Crippen LogP contribution >= 0.6 is 0 Å². The van der Waals surface area contributed by atoms with Crippen molar-refractivity contribution in [1.29, 1.82) is 0 Å².